The van der Waals surface area contributed by atoms with Crippen LogP contribution >= 0.6 is 0 Å². The van der Waals surface area contributed by atoms with Crippen molar-refractivity contribution in [2.75, 3.05) is 45.6 Å². The summed E-state index contributed by atoms with van der Waals surface area (Å²) >= 11 is 0. The van der Waals surface area contributed by atoms with Crippen LogP contribution < -0.4 is 5.32 Å². The van der Waals surface area contributed by atoms with E-state index >= 15 is 0 Å². The van der Waals surface area contributed by atoms with Gasteiger partial charge in [-0.25, -0.2) is 4.99 Å². The number of aliphatic imine (C=N–C) groups is 1. The number of hydrogen-bond donors (Lipinski definition) is 1. The van der Waals surface area contributed by atoms with Crippen LogP contribution in [0.2, 0.25) is 0 Å². The summed E-state index contributed by atoms with van der Waals surface area (Å²) in [5.41, 5.74) is 5.15. The molecule has 0 aliphatic carbocycles. The van der Waals surface area contributed by atoms with Gasteiger partial charge < -0.3 is 19.7 Å². The molecule has 0 spiro atoms. The smallest absolute Gasteiger partial charge is 0.129 e. The van der Waals surface area contributed by atoms with Crippen molar-refractivity contribution < 1.29 is 0 Å². The van der Waals surface area contributed by atoms with Gasteiger partial charge in [-0.1, -0.05) is 115 Å². The van der Waals surface area contributed by atoms with Gasteiger partial charge in [0.2, 0.25) is 0 Å². The molecule has 0 bridgehead atoms. The van der Waals surface area contributed by atoms with Gasteiger partial charge in [0.1, 0.15) is 5.84 Å². The normalized spacial score (nSPS) is 12.1. The highest BCUT2D eigenvalue weighted by atomic mass is 15.3. The highest BCUT2D eigenvalue weighted by molar-refractivity contribution is 5.98. The standard InChI is InChI=1S/C22H26N4.C11H11N.C4H6.C2H3N.2C2H6/c1-6-17(2)15-22(26-13-11-24(4)12-14-26)23-18(3)19-7-8-21-20(16-19)9-10-25(21)5;1-12-11-8-4-6-9-5-2-3-7-10(9)11;1-3-4-2;1-2-3;2*1-2/h6-8,15-16H,1,3,11-14H2,2,4-5H3;2-8,12H,1H3;3-4H,1-2H2;1H3;2*1-2H3/b17-15+,23-22?;;;;;. The van der Waals surface area contributed by atoms with E-state index in [0.29, 0.717) is 0 Å². The van der Waals surface area contributed by atoms with Crippen LogP contribution in [0, 0.1) is 23.6 Å². The summed E-state index contributed by atoms with van der Waals surface area (Å²) < 4.78 is 1.94. The molecule has 5 rings (SSSR count). The van der Waals surface area contributed by atoms with Gasteiger partial charge in [0.15, 0.2) is 0 Å². The molecule has 1 aliphatic heterocycles. The first kappa shape index (κ1) is 43.7. The minimum Gasteiger partial charge on any atom is -0.388 e. The van der Waals surface area contributed by atoms with Crippen LogP contribution in [0.15, 0.2) is 122 Å². The molecule has 4 aromatic rings. The summed E-state index contributed by atoms with van der Waals surface area (Å²) in [7, 11) is 6.07. The van der Waals surface area contributed by atoms with Crippen molar-refractivity contribution >= 4 is 38.9 Å². The third-order valence-corrected chi connectivity index (χ3v) is 7.03. The van der Waals surface area contributed by atoms with Crippen molar-refractivity contribution in [2.24, 2.45) is 12.0 Å². The second-order valence-electron chi connectivity index (χ2n) is 10.3. The van der Waals surface area contributed by atoms with Crippen LogP contribution in [0.25, 0.3) is 27.4 Å². The van der Waals surface area contributed by atoms with E-state index in [9.17, 15) is 0 Å². The Morgan fingerprint density at radius 1 is 0.918 bits per heavy atom. The Balaban J connectivity index is 0.000000826. The number of likely N-dealkylation sites (N-methyl/N-ethyl adjacent to an activating group) is 1. The van der Waals surface area contributed by atoms with Crippen molar-refractivity contribution in [3.05, 3.63) is 135 Å². The van der Waals surface area contributed by atoms with Crippen molar-refractivity contribution in [3.63, 3.8) is 0 Å². The number of amidine groups is 1. The maximum absolute atomic E-state index is 7.32. The van der Waals surface area contributed by atoms with Crippen LogP contribution in [0.1, 0.15) is 47.1 Å². The van der Waals surface area contributed by atoms with E-state index in [1.807, 2.05) is 59.4 Å². The fourth-order valence-electron chi connectivity index (χ4n) is 4.45. The first-order valence-corrected chi connectivity index (χ1v) is 16.8. The van der Waals surface area contributed by atoms with Crippen LogP contribution in [-0.4, -0.2) is 60.5 Å². The zero-order valence-electron chi connectivity index (χ0n) is 31.5. The molecule has 3 aromatic carbocycles. The quantitative estimate of drug-likeness (QED) is 0.127. The molecule has 260 valence electrons. The lowest BCUT2D eigenvalue weighted by Crippen LogP contribution is -2.46. The van der Waals surface area contributed by atoms with Crippen LogP contribution in [0.3, 0.4) is 0 Å². The number of anilines is 1. The van der Waals surface area contributed by atoms with Gasteiger partial charge in [0.05, 0.1) is 22.7 Å². The molecule has 0 radical (unpaired) electrons. The molecule has 1 fully saturated rings. The monoisotopic (exact) mass is 658 g/mol. The molecule has 0 atom stereocenters. The number of rotatable bonds is 6. The summed E-state index contributed by atoms with van der Waals surface area (Å²) in [5.74, 6) is 0.948. The minimum atomic E-state index is 0.756. The molecule has 0 unspecified atom stereocenters. The van der Waals surface area contributed by atoms with Crippen molar-refractivity contribution in [2.45, 2.75) is 41.5 Å². The highest BCUT2D eigenvalue weighted by Crippen LogP contribution is 2.22. The zero-order chi connectivity index (χ0) is 37.2. The summed E-state index contributed by atoms with van der Waals surface area (Å²) in [6.07, 6.45) is 10.3. The number of benzene rings is 3. The van der Waals surface area contributed by atoms with E-state index in [1.165, 1.54) is 23.4 Å². The Hall–Kier alpha value is -5.30. The maximum atomic E-state index is 7.32. The van der Waals surface area contributed by atoms with E-state index in [2.05, 4.69) is 127 Å². The van der Waals surface area contributed by atoms with Crippen LogP contribution in [0.5, 0.6) is 0 Å². The first-order valence-electron chi connectivity index (χ1n) is 16.8. The fourth-order valence-corrected chi connectivity index (χ4v) is 4.45. The molecule has 0 amide bonds. The number of fused-ring (bicyclic) bond motifs is 2. The molecule has 1 saturated heterocycles. The van der Waals surface area contributed by atoms with Gasteiger partial charge in [0.25, 0.3) is 0 Å². The van der Waals surface area contributed by atoms with Gasteiger partial charge in [-0.05, 0) is 55.3 Å². The van der Waals surface area contributed by atoms with E-state index in [-0.39, 0.29) is 0 Å². The Morgan fingerprint density at radius 3 is 2.08 bits per heavy atom. The SMILES string of the molecule is C=C/C(C)=C/C(=NC(=C)c1ccc2c(c#cn2C)c1)N1CCN(C)CC1.C=CC=C.CC.CC.CC#N.CNc1cccc2ccccc12. The van der Waals surface area contributed by atoms with Gasteiger partial charge in [-0.2, -0.15) is 5.26 Å². The van der Waals surface area contributed by atoms with Crippen LogP contribution in [-0.2, 0) is 7.05 Å². The molecule has 6 nitrogen and oxygen atoms in total. The number of aryl methyl sites for hydroxylation is 1. The number of nitrogens with one attached hydrogen (secondary N) is 1. The minimum absolute atomic E-state index is 0.756. The lowest BCUT2D eigenvalue weighted by molar-refractivity contribution is 0.216. The van der Waals surface area contributed by atoms with E-state index in [4.69, 9.17) is 10.3 Å². The van der Waals surface area contributed by atoms with Gasteiger partial charge in [-0.3, -0.25) is 0 Å². The topological polar surface area (TPSA) is 59.6 Å². The Bertz CT molecular complexity index is 1660. The maximum Gasteiger partial charge on any atom is 0.129 e. The van der Waals surface area contributed by atoms with E-state index < -0.39 is 0 Å². The second-order valence-corrected chi connectivity index (χ2v) is 10.3. The van der Waals surface area contributed by atoms with Gasteiger partial charge >= 0.3 is 0 Å². The molecule has 49 heavy (non-hydrogen) atoms. The lowest BCUT2D eigenvalue weighted by atomic mass is 10.1. The highest BCUT2D eigenvalue weighted by Gasteiger charge is 2.17. The van der Waals surface area contributed by atoms with Crippen LogP contribution in [0.4, 0.5) is 5.69 Å². The van der Waals surface area contributed by atoms with Crippen molar-refractivity contribution in [1.29, 1.82) is 5.26 Å². The molecule has 0 saturated carbocycles. The third kappa shape index (κ3) is 15.0. The Kier molecular flexibility index (Phi) is 23.0. The summed E-state index contributed by atoms with van der Waals surface area (Å²) in [5, 5.41) is 14.1. The Morgan fingerprint density at radius 2 is 1.51 bits per heavy atom. The molecule has 1 aromatic heterocycles. The van der Waals surface area contributed by atoms with E-state index in [0.717, 1.165) is 59.8 Å². The van der Waals surface area contributed by atoms with E-state index in [1.54, 1.807) is 18.2 Å². The van der Waals surface area contributed by atoms with Crippen molar-refractivity contribution in [1.82, 2.24) is 14.4 Å². The number of aromatic nitrogens is 1. The summed E-state index contributed by atoms with van der Waals surface area (Å²) in [6.45, 7) is 30.3. The lowest BCUT2D eigenvalue weighted by Gasteiger charge is -2.34. The molecule has 1 N–H and O–H groups in total. The first-order chi connectivity index (χ1) is 23.7. The average molecular weight is 659 g/mol. The van der Waals surface area contributed by atoms with Crippen molar-refractivity contribution in [3.8, 4) is 6.07 Å². The number of nitrogens with zero attached hydrogens (tertiary/aromatic N) is 5. The molecule has 1 aliphatic rings. The average Bonchev–Trinajstić information content (AvgIpc) is 3.53. The fraction of sp³-hybridized carbons (Fsp3) is 0.302. The zero-order valence-corrected chi connectivity index (χ0v) is 31.5. The number of nitriles is 1. The summed E-state index contributed by atoms with van der Waals surface area (Å²) in [6, 6.07) is 25.7. The Labute approximate surface area is 297 Å². The molecular weight excluding hydrogens is 601 g/mol. The third-order valence-electron chi connectivity index (χ3n) is 7.03. The summed E-state index contributed by atoms with van der Waals surface area (Å²) in [4.78, 5) is 9.53. The van der Waals surface area contributed by atoms with Gasteiger partial charge in [-0.15, -0.1) is 0 Å². The van der Waals surface area contributed by atoms with Gasteiger partial charge in [0, 0.05) is 70.0 Å². The molecular formula is C43H58N6. The number of piperazine rings is 1. The largest absolute Gasteiger partial charge is 0.388 e. The number of hydrogen-bond acceptors (Lipinski definition) is 4. The predicted molar refractivity (Wildman–Crippen MR) is 218 cm³/mol. The molecule has 6 heteroatoms. The number of allylic oxidation sites excluding steroid dienone is 4. The second kappa shape index (κ2) is 25.7. The predicted octanol–water partition coefficient (Wildman–Crippen LogP) is 10.3. The molecule has 2 heterocycles.